The third kappa shape index (κ3) is 6.54. The van der Waals surface area contributed by atoms with Gasteiger partial charge in [0.25, 0.3) is 5.91 Å². The van der Waals surface area contributed by atoms with Gasteiger partial charge < -0.3 is 35.2 Å². The summed E-state index contributed by atoms with van der Waals surface area (Å²) in [5.41, 5.74) is 1.23. The average Bonchev–Trinajstić information content (AvgIpc) is 3.32. The number of aliphatic hydroxyl groups is 1. The quantitative estimate of drug-likeness (QED) is 0.155. The molecule has 0 unspecified atom stereocenters. The number of aromatic nitrogens is 3. The first kappa shape index (κ1) is 34.6. The number of nitrogens with one attached hydrogen (secondary N) is 2. The van der Waals surface area contributed by atoms with E-state index in [9.17, 15) is 37.4 Å². The second-order valence-electron chi connectivity index (χ2n) is 12.0. The Balaban J connectivity index is 1.52. The van der Waals surface area contributed by atoms with Crippen LogP contribution in [-0.2, 0) is 22.4 Å². The Morgan fingerprint density at radius 2 is 1.72 bits per heavy atom. The van der Waals surface area contributed by atoms with Crippen LogP contribution in [0.4, 0.5) is 36.3 Å². The highest BCUT2D eigenvalue weighted by atomic mass is 31.2. The lowest BCUT2D eigenvalue weighted by molar-refractivity contribution is -0.137. The molecule has 254 valence electrons. The van der Waals surface area contributed by atoms with E-state index in [0.717, 1.165) is 24.0 Å². The number of hydrogen-bond donors (Lipinski definition) is 5. The summed E-state index contributed by atoms with van der Waals surface area (Å²) >= 11 is 0. The van der Waals surface area contributed by atoms with Gasteiger partial charge in [-0.15, -0.1) is 0 Å². The lowest BCUT2D eigenvalue weighted by Crippen LogP contribution is -2.26. The fraction of sp³-hybridized carbons (Fsp3) is 0.484. The Morgan fingerprint density at radius 1 is 1.04 bits per heavy atom. The van der Waals surface area contributed by atoms with E-state index >= 15 is 0 Å². The van der Waals surface area contributed by atoms with Crippen molar-refractivity contribution in [1.82, 2.24) is 19.9 Å². The zero-order valence-corrected chi connectivity index (χ0v) is 27.3. The molecule has 5 rings (SSSR count). The van der Waals surface area contributed by atoms with Gasteiger partial charge in [0, 0.05) is 25.9 Å². The van der Waals surface area contributed by atoms with E-state index in [1.165, 1.54) is 24.3 Å². The summed E-state index contributed by atoms with van der Waals surface area (Å²) in [6.07, 6.45) is -0.360. The molecule has 3 heterocycles. The van der Waals surface area contributed by atoms with E-state index in [2.05, 4.69) is 25.6 Å². The molecule has 1 amide bonds. The van der Waals surface area contributed by atoms with Gasteiger partial charge >= 0.3 is 13.8 Å². The number of halogens is 3. The first-order chi connectivity index (χ1) is 22.1. The first-order valence-corrected chi connectivity index (χ1v) is 16.9. The number of carbonyl (C=O) groups is 1. The summed E-state index contributed by atoms with van der Waals surface area (Å²) in [5.74, 6) is -0.933. The van der Waals surface area contributed by atoms with Crippen LogP contribution in [0, 0.1) is 0 Å². The second kappa shape index (κ2) is 13.0. The number of benzene rings is 1. The van der Waals surface area contributed by atoms with Gasteiger partial charge in [0.2, 0.25) is 5.95 Å². The van der Waals surface area contributed by atoms with Crippen molar-refractivity contribution in [2.24, 2.45) is 0 Å². The summed E-state index contributed by atoms with van der Waals surface area (Å²) in [5, 5.41) is 14.0. The predicted octanol–water partition coefficient (Wildman–Crippen LogP) is 6.18. The van der Waals surface area contributed by atoms with Crippen LogP contribution in [0.3, 0.4) is 0 Å². The minimum atomic E-state index is -4.83. The minimum Gasteiger partial charge on any atom is -0.494 e. The molecule has 0 saturated heterocycles. The van der Waals surface area contributed by atoms with Gasteiger partial charge in [-0.2, -0.15) is 18.2 Å². The van der Waals surface area contributed by atoms with Crippen LogP contribution < -0.4 is 15.4 Å². The molecule has 2 aliphatic rings. The van der Waals surface area contributed by atoms with E-state index < -0.39 is 30.3 Å². The van der Waals surface area contributed by atoms with E-state index in [1.54, 1.807) is 27.0 Å². The topological polar surface area (TPSA) is 170 Å². The number of alkyl halides is 3. The maximum atomic E-state index is 14.2. The van der Waals surface area contributed by atoms with Crippen molar-refractivity contribution in [2.75, 3.05) is 24.8 Å². The number of rotatable bonds is 10. The van der Waals surface area contributed by atoms with E-state index in [4.69, 9.17) is 4.74 Å². The lowest BCUT2D eigenvalue weighted by Gasteiger charge is -2.32. The van der Waals surface area contributed by atoms with Gasteiger partial charge in [-0.05, 0) is 61.6 Å². The fourth-order valence-electron chi connectivity index (χ4n) is 6.57. The van der Waals surface area contributed by atoms with Gasteiger partial charge in [0.15, 0.2) is 0 Å². The van der Waals surface area contributed by atoms with Crippen LogP contribution in [-0.4, -0.2) is 60.9 Å². The zero-order chi connectivity index (χ0) is 34.3. The average molecular weight is 679 g/mol. The monoisotopic (exact) mass is 678 g/mol. The SMILES string of the molecule is CCC(CC)(c1cc(OC)c(Nc2ncc(C(F)(F)F)c(Nc3ccc(C4CCC(O)CC4)c4c3C(=O)N(C)C4)n2)cn1)P(=O)(O)O. The van der Waals surface area contributed by atoms with Gasteiger partial charge in [0.05, 0.1) is 36.4 Å². The standard InChI is InChI=1S/C31H38F3N6O6P/c1-5-30(6-2,47(43,44)45)25-13-24(46-4)23(15-35-25)38-29-36-14-21(31(32,33)34)27(39-29)37-22-12-11-19(17-7-9-18(41)10-8-17)20-16-40(3)28(42)26(20)22/h11-15,17-18,41H,5-10,16H2,1-4H3,(H2,43,44,45)(H2,36,37,38,39). The van der Waals surface area contributed by atoms with Crippen LogP contribution >= 0.6 is 7.60 Å². The Bertz CT molecular complexity index is 1710. The van der Waals surface area contributed by atoms with Crippen molar-refractivity contribution in [3.8, 4) is 5.75 Å². The van der Waals surface area contributed by atoms with E-state index in [1.807, 2.05) is 6.07 Å². The lowest BCUT2D eigenvalue weighted by atomic mass is 9.80. The van der Waals surface area contributed by atoms with Crippen molar-refractivity contribution < 1.29 is 42.2 Å². The van der Waals surface area contributed by atoms with Gasteiger partial charge in [0.1, 0.15) is 28.0 Å². The molecule has 2 aromatic heterocycles. The summed E-state index contributed by atoms with van der Waals surface area (Å²) < 4.78 is 60.4. The largest absolute Gasteiger partial charge is 0.494 e. The molecule has 5 N–H and O–H groups in total. The molecule has 47 heavy (non-hydrogen) atoms. The molecule has 16 heteroatoms. The molecule has 1 aromatic carbocycles. The molecule has 1 aliphatic heterocycles. The highest BCUT2D eigenvalue weighted by Crippen LogP contribution is 2.61. The summed E-state index contributed by atoms with van der Waals surface area (Å²) in [7, 11) is -1.69. The molecule has 0 radical (unpaired) electrons. The van der Waals surface area contributed by atoms with Crippen molar-refractivity contribution in [3.63, 3.8) is 0 Å². The molecule has 3 aromatic rings. The molecule has 1 aliphatic carbocycles. The number of methoxy groups -OCH3 is 1. The van der Waals surface area contributed by atoms with Crippen molar-refractivity contribution in [3.05, 3.63) is 58.5 Å². The number of anilines is 4. The molecule has 0 spiro atoms. The zero-order valence-electron chi connectivity index (χ0n) is 26.4. The molecular formula is C31H38F3N6O6P. The minimum absolute atomic E-state index is 0.0977. The second-order valence-corrected chi connectivity index (χ2v) is 13.9. The number of fused-ring (bicyclic) bond motifs is 1. The normalized spacial score (nSPS) is 18.7. The Kier molecular flexibility index (Phi) is 9.57. The summed E-state index contributed by atoms with van der Waals surface area (Å²) in [6, 6.07) is 4.79. The third-order valence-electron chi connectivity index (χ3n) is 9.33. The van der Waals surface area contributed by atoms with Crippen molar-refractivity contribution in [1.29, 1.82) is 0 Å². The summed E-state index contributed by atoms with van der Waals surface area (Å²) in [6.45, 7) is 3.59. The molecule has 1 fully saturated rings. The van der Waals surface area contributed by atoms with Gasteiger partial charge in [-0.3, -0.25) is 14.3 Å². The van der Waals surface area contributed by atoms with Gasteiger partial charge in [-0.1, -0.05) is 19.9 Å². The maximum absolute atomic E-state index is 14.2. The summed E-state index contributed by atoms with van der Waals surface area (Å²) in [4.78, 5) is 47.3. The van der Waals surface area contributed by atoms with Crippen LogP contribution in [0.5, 0.6) is 5.75 Å². The van der Waals surface area contributed by atoms with Crippen LogP contribution in [0.25, 0.3) is 0 Å². The molecule has 0 bridgehead atoms. The predicted molar refractivity (Wildman–Crippen MR) is 168 cm³/mol. The maximum Gasteiger partial charge on any atom is 0.421 e. The molecule has 0 atom stereocenters. The molecule has 12 nitrogen and oxygen atoms in total. The highest BCUT2D eigenvalue weighted by Gasteiger charge is 2.47. The molecule has 1 saturated carbocycles. The Hall–Kier alpha value is -3.78. The van der Waals surface area contributed by atoms with E-state index in [-0.39, 0.29) is 65.1 Å². The van der Waals surface area contributed by atoms with Crippen LogP contribution in [0.1, 0.15) is 91.0 Å². The smallest absolute Gasteiger partial charge is 0.421 e. The number of aliphatic hydroxyl groups excluding tert-OH is 1. The van der Waals surface area contributed by atoms with E-state index in [0.29, 0.717) is 25.6 Å². The van der Waals surface area contributed by atoms with Crippen LogP contribution in [0.15, 0.2) is 30.6 Å². The number of pyridine rings is 1. The number of hydrogen-bond acceptors (Lipinski definition) is 9. The van der Waals surface area contributed by atoms with Crippen LogP contribution in [0.2, 0.25) is 0 Å². The third-order valence-corrected chi connectivity index (χ3v) is 11.3. The number of amides is 1. The van der Waals surface area contributed by atoms with Crippen molar-refractivity contribution in [2.45, 2.75) is 82.3 Å². The Labute approximate surface area is 270 Å². The highest BCUT2D eigenvalue weighted by molar-refractivity contribution is 7.53. The number of carbonyl (C=O) groups excluding carboxylic acids is 1. The fourth-order valence-corrected chi connectivity index (χ4v) is 7.82. The van der Waals surface area contributed by atoms with Crippen molar-refractivity contribution >= 4 is 36.6 Å². The Morgan fingerprint density at radius 3 is 2.32 bits per heavy atom. The molecular weight excluding hydrogens is 640 g/mol. The number of ether oxygens (including phenoxy) is 1. The van der Waals surface area contributed by atoms with Gasteiger partial charge in [-0.25, -0.2) is 4.98 Å². The first-order valence-electron chi connectivity index (χ1n) is 15.3. The number of nitrogens with zero attached hydrogens (tertiary/aromatic N) is 4.